The molecule has 1 aliphatic carbocycles. The van der Waals surface area contributed by atoms with Gasteiger partial charge < -0.3 is 0 Å². The van der Waals surface area contributed by atoms with E-state index in [0.717, 1.165) is 12.8 Å². The number of hydrogen-bond acceptors (Lipinski definition) is 1. The largest absolute Gasteiger partial charge is 0.287 e. The first-order valence-corrected chi connectivity index (χ1v) is 4.58. The highest BCUT2D eigenvalue weighted by atomic mass is 127. The molecule has 0 aliphatic heterocycles. The number of halogens is 1. The summed E-state index contributed by atoms with van der Waals surface area (Å²) in [5.41, 5.74) is 0. The van der Waals surface area contributed by atoms with Gasteiger partial charge in [-0.15, -0.1) is 0 Å². The first-order chi connectivity index (χ1) is 4.30. The number of carbonyl (C=O) groups is 1. The summed E-state index contributed by atoms with van der Waals surface area (Å²) in [6.45, 7) is 0. The highest BCUT2D eigenvalue weighted by molar-refractivity contribution is 14.1. The van der Waals surface area contributed by atoms with Gasteiger partial charge in [0, 0.05) is 5.92 Å². The molecule has 0 atom stereocenters. The lowest BCUT2D eigenvalue weighted by Crippen LogP contribution is -2.11. The fourth-order valence-corrected chi connectivity index (χ4v) is 1.95. The minimum atomic E-state index is 0.368. The highest BCUT2D eigenvalue weighted by Crippen LogP contribution is 2.25. The van der Waals surface area contributed by atoms with Crippen LogP contribution in [-0.4, -0.2) is 3.79 Å². The lowest BCUT2D eigenvalue weighted by atomic mass is 9.91. The van der Waals surface area contributed by atoms with Crippen molar-refractivity contribution >= 4 is 26.4 Å². The maximum Gasteiger partial charge on any atom is 0.195 e. The van der Waals surface area contributed by atoms with Gasteiger partial charge in [0.25, 0.3) is 0 Å². The second-order valence-corrected chi connectivity index (χ2v) is 3.70. The van der Waals surface area contributed by atoms with Crippen molar-refractivity contribution in [2.24, 2.45) is 5.92 Å². The lowest BCUT2D eigenvalue weighted by Gasteiger charge is -2.16. The molecule has 1 aliphatic rings. The van der Waals surface area contributed by atoms with Crippen LogP contribution in [0.5, 0.6) is 0 Å². The lowest BCUT2D eigenvalue weighted by molar-refractivity contribution is -0.113. The van der Waals surface area contributed by atoms with Crippen LogP contribution in [0, 0.1) is 5.92 Å². The highest BCUT2D eigenvalue weighted by Gasteiger charge is 2.17. The first-order valence-electron chi connectivity index (χ1n) is 3.50. The molecule has 0 aromatic rings. The normalized spacial score (nSPS) is 21.9. The van der Waals surface area contributed by atoms with E-state index in [0.29, 0.717) is 9.71 Å². The van der Waals surface area contributed by atoms with E-state index in [2.05, 4.69) is 0 Å². The molecular formula is C7H11IO. The van der Waals surface area contributed by atoms with Gasteiger partial charge in [0.1, 0.15) is 0 Å². The van der Waals surface area contributed by atoms with Crippen LogP contribution >= 0.6 is 22.6 Å². The van der Waals surface area contributed by atoms with E-state index in [9.17, 15) is 4.79 Å². The molecular weight excluding hydrogens is 227 g/mol. The summed E-state index contributed by atoms with van der Waals surface area (Å²) in [4.78, 5) is 10.8. The molecule has 1 saturated carbocycles. The fourth-order valence-electron chi connectivity index (χ4n) is 1.33. The van der Waals surface area contributed by atoms with Gasteiger partial charge in [0.05, 0.1) is 0 Å². The molecule has 0 N–H and O–H groups in total. The van der Waals surface area contributed by atoms with Gasteiger partial charge in [-0.25, -0.2) is 0 Å². The Morgan fingerprint density at radius 1 is 1.22 bits per heavy atom. The Balaban J connectivity index is 2.31. The molecule has 2 heteroatoms. The standard InChI is InChI=1S/C7H11IO/c8-7(9)6-4-2-1-3-5-6/h6H,1-5H2. The van der Waals surface area contributed by atoms with E-state index in [1.54, 1.807) is 0 Å². The van der Waals surface area contributed by atoms with Crippen LogP contribution in [-0.2, 0) is 4.79 Å². The summed E-state index contributed by atoms with van der Waals surface area (Å²) < 4.78 is 0.368. The van der Waals surface area contributed by atoms with Crippen molar-refractivity contribution in [1.29, 1.82) is 0 Å². The van der Waals surface area contributed by atoms with E-state index in [-0.39, 0.29) is 0 Å². The van der Waals surface area contributed by atoms with E-state index < -0.39 is 0 Å². The number of rotatable bonds is 1. The van der Waals surface area contributed by atoms with Crippen LogP contribution in [0.4, 0.5) is 0 Å². The average Bonchev–Trinajstić information content (AvgIpc) is 1.90. The van der Waals surface area contributed by atoms with Crippen molar-refractivity contribution in [1.82, 2.24) is 0 Å². The molecule has 1 nitrogen and oxygen atoms in total. The van der Waals surface area contributed by atoms with Crippen molar-refractivity contribution < 1.29 is 4.79 Å². The van der Waals surface area contributed by atoms with Gasteiger partial charge in [-0.05, 0) is 35.4 Å². The Kier molecular flexibility index (Phi) is 2.95. The molecule has 52 valence electrons. The van der Waals surface area contributed by atoms with Crippen LogP contribution < -0.4 is 0 Å². The topological polar surface area (TPSA) is 17.1 Å². The number of hydrogen-bond donors (Lipinski definition) is 0. The second-order valence-electron chi connectivity index (χ2n) is 2.64. The molecule has 0 heterocycles. The molecule has 1 rings (SSSR count). The summed E-state index contributed by atoms with van der Waals surface area (Å²) in [7, 11) is 0. The zero-order chi connectivity index (χ0) is 6.69. The molecule has 0 spiro atoms. The predicted molar refractivity (Wildman–Crippen MR) is 45.6 cm³/mol. The Morgan fingerprint density at radius 3 is 2.11 bits per heavy atom. The third-order valence-electron chi connectivity index (χ3n) is 1.93. The summed E-state index contributed by atoms with van der Waals surface area (Å²) in [5, 5.41) is 0. The zero-order valence-electron chi connectivity index (χ0n) is 5.40. The summed E-state index contributed by atoms with van der Waals surface area (Å²) in [6.07, 6.45) is 6.14. The van der Waals surface area contributed by atoms with E-state index in [1.807, 2.05) is 22.6 Å². The van der Waals surface area contributed by atoms with Gasteiger partial charge in [-0.1, -0.05) is 19.3 Å². The Morgan fingerprint density at radius 2 is 1.78 bits per heavy atom. The predicted octanol–water partition coefficient (Wildman–Crippen LogP) is 2.53. The van der Waals surface area contributed by atoms with Crippen LogP contribution in [0.25, 0.3) is 0 Å². The van der Waals surface area contributed by atoms with Crippen molar-refractivity contribution in [3.63, 3.8) is 0 Å². The molecule has 0 unspecified atom stereocenters. The smallest absolute Gasteiger partial charge is 0.195 e. The van der Waals surface area contributed by atoms with E-state index in [1.165, 1.54) is 19.3 Å². The van der Waals surface area contributed by atoms with Crippen LogP contribution in [0.15, 0.2) is 0 Å². The monoisotopic (exact) mass is 238 g/mol. The van der Waals surface area contributed by atoms with E-state index >= 15 is 0 Å². The molecule has 1 fully saturated rings. The molecule has 0 saturated heterocycles. The quantitative estimate of drug-likeness (QED) is 0.506. The SMILES string of the molecule is O=C(I)C1CCCCC1. The van der Waals surface area contributed by atoms with Crippen molar-refractivity contribution in [3.8, 4) is 0 Å². The summed E-state index contributed by atoms with van der Waals surface area (Å²) >= 11 is 1.92. The first kappa shape index (κ1) is 7.51. The van der Waals surface area contributed by atoms with Gasteiger partial charge >= 0.3 is 0 Å². The summed E-state index contributed by atoms with van der Waals surface area (Å²) in [5.74, 6) is 0.402. The fraction of sp³-hybridized carbons (Fsp3) is 0.857. The minimum absolute atomic E-state index is 0.368. The minimum Gasteiger partial charge on any atom is -0.287 e. The van der Waals surface area contributed by atoms with Crippen molar-refractivity contribution in [2.45, 2.75) is 32.1 Å². The van der Waals surface area contributed by atoms with Gasteiger partial charge in [0.15, 0.2) is 3.79 Å². The van der Waals surface area contributed by atoms with Crippen LogP contribution in [0.1, 0.15) is 32.1 Å². The van der Waals surface area contributed by atoms with Crippen LogP contribution in [0.2, 0.25) is 0 Å². The van der Waals surface area contributed by atoms with Crippen LogP contribution in [0.3, 0.4) is 0 Å². The van der Waals surface area contributed by atoms with Gasteiger partial charge in [-0.3, -0.25) is 4.79 Å². The molecule has 0 aromatic carbocycles. The van der Waals surface area contributed by atoms with Crippen molar-refractivity contribution in [2.75, 3.05) is 0 Å². The Bertz CT molecular complexity index is 105. The number of carbonyl (C=O) groups excluding carboxylic acids is 1. The molecule has 0 aromatic heterocycles. The van der Waals surface area contributed by atoms with Gasteiger partial charge in [-0.2, -0.15) is 0 Å². The van der Waals surface area contributed by atoms with E-state index in [4.69, 9.17) is 0 Å². The van der Waals surface area contributed by atoms with Gasteiger partial charge in [0.2, 0.25) is 0 Å². The second kappa shape index (κ2) is 3.54. The third kappa shape index (κ3) is 2.24. The Hall–Kier alpha value is 0.400. The maximum atomic E-state index is 10.8. The maximum absolute atomic E-state index is 10.8. The zero-order valence-corrected chi connectivity index (χ0v) is 7.56. The van der Waals surface area contributed by atoms with Crippen molar-refractivity contribution in [3.05, 3.63) is 0 Å². The molecule has 0 amide bonds. The molecule has 9 heavy (non-hydrogen) atoms. The molecule has 0 radical (unpaired) electrons. The summed E-state index contributed by atoms with van der Waals surface area (Å²) in [6, 6.07) is 0. The Labute approximate surface area is 69.3 Å². The molecule has 0 bridgehead atoms. The third-order valence-corrected chi connectivity index (χ3v) is 2.81. The average molecular weight is 238 g/mol.